The van der Waals surface area contributed by atoms with Gasteiger partial charge in [-0.05, 0) is 56.2 Å². The Labute approximate surface area is 191 Å². The second kappa shape index (κ2) is 10.7. The molecule has 174 valence electrons. The zero-order valence-electron chi connectivity index (χ0n) is 18.2. The molecule has 0 saturated carbocycles. The number of aliphatic carboxylic acids is 1. The van der Waals surface area contributed by atoms with Crippen molar-refractivity contribution in [2.75, 3.05) is 13.2 Å². The quantitative estimate of drug-likeness (QED) is 0.258. The van der Waals surface area contributed by atoms with Crippen molar-refractivity contribution >= 4 is 23.5 Å². The van der Waals surface area contributed by atoms with Crippen molar-refractivity contribution in [2.45, 2.75) is 31.9 Å². The second-order valence-corrected chi connectivity index (χ2v) is 7.90. The predicted octanol–water partition coefficient (Wildman–Crippen LogP) is 2.23. The van der Waals surface area contributed by atoms with Crippen molar-refractivity contribution in [1.29, 1.82) is 5.41 Å². The summed E-state index contributed by atoms with van der Waals surface area (Å²) >= 11 is 0. The number of ketones is 1. The third kappa shape index (κ3) is 6.17. The lowest BCUT2D eigenvalue weighted by molar-refractivity contribution is -0.149. The number of carbonyl (C=O) groups excluding carboxylic acids is 2. The number of hydrogen-bond donors (Lipinski definition) is 4. The third-order valence-electron chi connectivity index (χ3n) is 5.54. The van der Waals surface area contributed by atoms with Crippen LogP contribution in [0.5, 0.6) is 5.75 Å². The second-order valence-electron chi connectivity index (χ2n) is 7.90. The van der Waals surface area contributed by atoms with Gasteiger partial charge in [-0.15, -0.1) is 0 Å². The van der Waals surface area contributed by atoms with E-state index in [0.29, 0.717) is 48.5 Å². The van der Waals surface area contributed by atoms with Gasteiger partial charge in [0.15, 0.2) is 11.9 Å². The topological polar surface area (TPSA) is 152 Å². The highest BCUT2D eigenvalue weighted by atomic mass is 16.5. The molecule has 1 aliphatic heterocycles. The average molecular weight is 453 g/mol. The lowest BCUT2D eigenvalue weighted by atomic mass is 9.94. The smallest absolute Gasteiger partial charge is 0.345 e. The first-order chi connectivity index (χ1) is 15.8. The highest BCUT2D eigenvalue weighted by Gasteiger charge is 2.31. The van der Waals surface area contributed by atoms with E-state index in [4.69, 9.17) is 20.6 Å². The normalized spacial score (nSPS) is 15.8. The van der Waals surface area contributed by atoms with Crippen LogP contribution in [0.3, 0.4) is 0 Å². The van der Waals surface area contributed by atoms with Crippen molar-refractivity contribution in [3.63, 3.8) is 0 Å². The third-order valence-corrected chi connectivity index (χ3v) is 5.54. The highest BCUT2D eigenvalue weighted by Crippen LogP contribution is 2.24. The van der Waals surface area contributed by atoms with E-state index >= 15 is 0 Å². The van der Waals surface area contributed by atoms with E-state index in [1.54, 1.807) is 43.3 Å². The van der Waals surface area contributed by atoms with Crippen LogP contribution in [0, 0.1) is 11.3 Å². The van der Waals surface area contributed by atoms with Gasteiger partial charge in [0, 0.05) is 35.8 Å². The largest absolute Gasteiger partial charge is 0.478 e. The number of nitrogens with one attached hydrogen (secondary N) is 2. The highest BCUT2D eigenvalue weighted by molar-refractivity contribution is 6.04. The predicted molar refractivity (Wildman–Crippen MR) is 121 cm³/mol. The molecule has 0 aliphatic carbocycles. The van der Waals surface area contributed by atoms with Gasteiger partial charge in [-0.3, -0.25) is 15.0 Å². The zero-order valence-corrected chi connectivity index (χ0v) is 18.2. The summed E-state index contributed by atoms with van der Waals surface area (Å²) in [5, 5.41) is 19.6. The van der Waals surface area contributed by atoms with E-state index < -0.39 is 24.0 Å². The fraction of sp³-hybridized carbons (Fsp3) is 0.333. The molecule has 2 aromatic rings. The Morgan fingerprint density at radius 1 is 1.03 bits per heavy atom. The number of benzene rings is 2. The summed E-state index contributed by atoms with van der Waals surface area (Å²) < 4.78 is 11.0. The molecule has 2 aromatic carbocycles. The Kier molecular flexibility index (Phi) is 7.78. The maximum atomic E-state index is 12.7. The van der Waals surface area contributed by atoms with E-state index in [9.17, 15) is 19.5 Å². The lowest BCUT2D eigenvalue weighted by Gasteiger charge is -2.28. The molecule has 3 rings (SSSR count). The van der Waals surface area contributed by atoms with E-state index in [2.05, 4.69) is 5.32 Å². The Morgan fingerprint density at radius 3 is 2.12 bits per heavy atom. The molecule has 9 heteroatoms. The molecule has 5 N–H and O–H groups in total. The summed E-state index contributed by atoms with van der Waals surface area (Å²) in [5.74, 6) is -1.64. The van der Waals surface area contributed by atoms with E-state index in [0.717, 1.165) is 0 Å². The summed E-state index contributed by atoms with van der Waals surface area (Å²) in [7, 11) is 0. The van der Waals surface area contributed by atoms with Gasteiger partial charge in [0.25, 0.3) is 5.91 Å². The molecule has 0 radical (unpaired) electrons. The van der Waals surface area contributed by atoms with Gasteiger partial charge in [-0.1, -0.05) is 12.1 Å². The van der Waals surface area contributed by atoms with Crippen molar-refractivity contribution < 1.29 is 29.0 Å². The summed E-state index contributed by atoms with van der Waals surface area (Å²) in [4.78, 5) is 36.8. The number of Topliss-reactive ketones (excluding diaryl/α,β-unsaturated/α-hetero) is 1. The SMILES string of the molecule is CC(NC(=O)c1ccc(C(=N)N)cc1)C(=O)c1ccc(O[C@H](C(=O)O)C2CCOCC2)cc1. The first-order valence-corrected chi connectivity index (χ1v) is 10.6. The molecular formula is C24H27N3O6. The molecule has 1 aliphatic rings. The van der Waals surface area contributed by atoms with E-state index in [1.165, 1.54) is 12.1 Å². The average Bonchev–Trinajstić information content (AvgIpc) is 2.82. The maximum Gasteiger partial charge on any atom is 0.345 e. The Bertz CT molecular complexity index is 1010. The van der Waals surface area contributed by atoms with E-state index in [1.807, 2.05) is 0 Å². The fourth-order valence-corrected chi connectivity index (χ4v) is 3.61. The molecule has 1 unspecified atom stereocenters. The standard InChI is InChI=1S/C24H27N3O6/c1-14(27-23(29)18-4-2-17(3-5-18)22(25)26)20(28)15-6-8-19(9-7-15)33-21(24(30)31)16-10-12-32-13-11-16/h2-9,14,16,21H,10-13H2,1H3,(H3,25,26)(H,27,29)(H,30,31)/t14?,21-/m0/s1. The summed E-state index contributed by atoms with van der Waals surface area (Å²) in [6.07, 6.45) is 0.243. The maximum absolute atomic E-state index is 12.7. The molecule has 9 nitrogen and oxygen atoms in total. The van der Waals surface area contributed by atoms with Crippen LogP contribution in [0.2, 0.25) is 0 Å². The van der Waals surface area contributed by atoms with Crippen LogP contribution in [0.15, 0.2) is 48.5 Å². The van der Waals surface area contributed by atoms with Gasteiger partial charge in [0.05, 0.1) is 6.04 Å². The van der Waals surface area contributed by atoms with Crippen LogP contribution in [-0.2, 0) is 9.53 Å². The Hall–Kier alpha value is -3.72. The van der Waals surface area contributed by atoms with Crippen molar-refractivity contribution in [3.05, 3.63) is 65.2 Å². The summed E-state index contributed by atoms with van der Waals surface area (Å²) in [6.45, 7) is 2.60. The number of hydrogen-bond acceptors (Lipinski definition) is 6. The van der Waals surface area contributed by atoms with Crippen LogP contribution < -0.4 is 15.8 Å². The fourth-order valence-electron chi connectivity index (χ4n) is 3.61. The number of nitrogen functional groups attached to an aromatic ring is 1. The number of nitrogens with two attached hydrogens (primary N) is 1. The van der Waals surface area contributed by atoms with Crippen LogP contribution in [-0.4, -0.2) is 54.0 Å². The van der Waals surface area contributed by atoms with Gasteiger partial charge in [0.2, 0.25) is 0 Å². The first kappa shape index (κ1) is 23.9. The van der Waals surface area contributed by atoms with Gasteiger partial charge >= 0.3 is 5.97 Å². The van der Waals surface area contributed by atoms with Gasteiger partial charge < -0.3 is 25.6 Å². The van der Waals surface area contributed by atoms with Crippen molar-refractivity contribution in [2.24, 2.45) is 11.7 Å². The number of amides is 1. The molecule has 0 spiro atoms. The van der Waals surface area contributed by atoms with E-state index in [-0.39, 0.29) is 17.5 Å². The van der Waals surface area contributed by atoms with Crippen molar-refractivity contribution in [3.8, 4) is 5.75 Å². The Morgan fingerprint density at radius 2 is 1.58 bits per heavy atom. The summed E-state index contributed by atoms with van der Waals surface area (Å²) in [5.41, 5.74) is 6.61. The van der Waals surface area contributed by atoms with Crippen LogP contribution in [0.25, 0.3) is 0 Å². The number of ether oxygens (including phenoxy) is 2. The molecule has 2 atom stereocenters. The van der Waals surface area contributed by atoms with Crippen LogP contribution >= 0.6 is 0 Å². The molecule has 1 heterocycles. The number of rotatable bonds is 9. The van der Waals surface area contributed by atoms with Gasteiger partial charge in [0.1, 0.15) is 11.6 Å². The van der Waals surface area contributed by atoms with Gasteiger partial charge in [-0.2, -0.15) is 0 Å². The van der Waals surface area contributed by atoms with Gasteiger partial charge in [-0.25, -0.2) is 4.79 Å². The lowest BCUT2D eigenvalue weighted by Crippen LogP contribution is -2.38. The number of amidine groups is 1. The molecule has 0 aromatic heterocycles. The number of carboxylic acids is 1. The molecule has 33 heavy (non-hydrogen) atoms. The zero-order chi connectivity index (χ0) is 24.0. The van der Waals surface area contributed by atoms with Crippen molar-refractivity contribution in [1.82, 2.24) is 5.32 Å². The molecule has 1 amide bonds. The molecular weight excluding hydrogens is 426 g/mol. The molecule has 0 bridgehead atoms. The first-order valence-electron chi connectivity index (χ1n) is 10.6. The van der Waals surface area contributed by atoms with Crippen LogP contribution in [0.1, 0.15) is 46.0 Å². The Balaban J connectivity index is 1.61. The van der Waals surface area contributed by atoms with Crippen LogP contribution in [0.4, 0.5) is 0 Å². The number of carboxylic acid groups (broad SMARTS) is 1. The summed E-state index contributed by atoms with van der Waals surface area (Å²) in [6, 6.07) is 11.6. The minimum Gasteiger partial charge on any atom is -0.478 e. The monoisotopic (exact) mass is 453 g/mol. The minimum absolute atomic E-state index is 0.0969. The molecule has 1 saturated heterocycles. The number of carbonyl (C=O) groups is 3. The molecule has 1 fully saturated rings. The minimum atomic E-state index is -1.03.